The van der Waals surface area contributed by atoms with Gasteiger partial charge in [0.1, 0.15) is 0 Å². The highest BCUT2D eigenvalue weighted by Gasteiger charge is 2.24. The van der Waals surface area contributed by atoms with Crippen molar-refractivity contribution >= 4 is 5.69 Å². The van der Waals surface area contributed by atoms with Crippen LogP contribution in [0.2, 0.25) is 0 Å². The van der Waals surface area contributed by atoms with E-state index in [4.69, 9.17) is 0 Å². The zero-order valence-electron chi connectivity index (χ0n) is 12.7. The molecule has 2 N–H and O–H groups in total. The van der Waals surface area contributed by atoms with Crippen molar-refractivity contribution in [3.05, 3.63) is 29.8 Å². The third kappa shape index (κ3) is 4.51. The van der Waals surface area contributed by atoms with E-state index in [1.807, 2.05) is 7.05 Å². The molecular weight excluding hydrogens is 236 g/mol. The Balaban J connectivity index is 2.46. The van der Waals surface area contributed by atoms with Gasteiger partial charge in [-0.2, -0.15) is 0 Å². The van der Waals surface area contributed by atoms with Gasteiger partial charge in [-0.3, -0.25) is 0 Å². The van der Waals surface area contributed by atoms with Gasteiger partial charge in [-0.05, 0) is 45.4 Å². The first-order chi connectivity index (χ1) is 9.06. The number of nitrogens with one attached hydrogen (secondary N) is 1. The fourth-order valence-electron chi connectivity index (χ4n) is 2.33. The van der Waals surface area contributed by atoms with Crippen LogP contribution >= 0.6 is 0 Å². The van der Waals surface area contributed by atoms with Crippen LogP contribution in [0.4, 0.5) is 5.69 Å². The van der Waals surface area contributed by atoms with Crippen LogP contribution in [0, 0.1) is 6.92 Å². The fraction of sp³-hybridized carbons (Fsp3) is 0.625. The quantitative estimate of drug-likeness (QED) is 0.757. The maximum Gasteiger partial charge on any atom is 0.0613 e. The van der Waals surface area contributed by atoms with Gasteiger partial charge in [-0.25, -0.2) is 0 Å². The van der Waals surface area contributed by atoms with Gasteiger partial charge in [0.25, 0.3) is 0 Å². The highest BCUT2D eigenvalue weighted by atomic mass is 16.3. The van der Waals surface area contributed by atoms with Crippen LogP contribution < -0.4 is 10.2 Å². The minimum absolute atomic E-state index is 0.117. The van der Waals surface area contributed by atoms with Crippen molar-refractivity contribution in [1.82, 2.24) is 5.32 Å². The van der Waals surface area contributed by atoms with Crippen molar-refractivity contribution in [1.29, 1.82) is 0 Å². The predicted octanol–water partition coefficient (Wildman–Crippen LogP) is 2.57. The minimum atomic E-state index is -0.117. The molecule has 0 aliphatic heterocycles. The minimum Gasteiger partial charge on any atom is -0.394 e. The molecule has 0 spiro atoms. The van der Waals surface area contributed by atoms with Crippen LogP contribution in [0.15, 0.2) is 24.3 Å². The van der Waals surface area contributed by atoms with E-state index in [9.17, 15) is 5.11 Å². The average Bonchev–Trinajstić information content (AvgIpc) is 2.45. The van der Waals surface area contributed by atoms with Crippen molar-refractivity contribution in [2.45, 2.75) is 38.6 Å². The number of aryl methyl sites for hydroxylation is 1. The molecule has 0 bridgehead atoms. The van der Waals surface area contributed by atoms with Gasteiger partial charge < -0.3 is 15.3 Å². The van der Waals surface area contributed by atoms with Gasteiger partial charge in [0.05, 0.1) is 6.61 Å². The first kappa shape index (κ1) is 16.0. The van der Waals surface area contributed by atoms with Crippen molar-refractivity contribution in [3.63, 3.8) is 0 Å². The zero-order chi connectivity index (χ0) is 14.3. The van der Waals surface area contributed by atoms with Gasteiger partial charge in [0.15, 0.2) is 0 Å². The SMILES string of the molecule is CCC(CO)(CCCN(C)c1ccc(C)cc1)NC. The van der Waals surface area contributed by atoms with E-state index in [1.165, 1.54) is 11.3 Å². The van der Waals surface area contributed by atoms with E-state index < -0.39 is 0 Å². The van der Waals surface area contributed by atoms with Gasteiger partial charge in [-0.15, -0.1) is 0 Å². The number of hydrogen-bond donors (Lipinski definition) is 2. The molecular formula is C16H28N2O. The summed E-state index contributed by atoms with van der Waals surface area (Å²) in [6.07, 6.45) is 3.01. The lowest BCUT2D eigenvalue weighted by atomic mass is 9.91. The fourth-order valence-corrected chi connectivity index (χ4v) is 2.33. The molecule has 1 rings (SSSR count). The van der Waals surface area contributed by atoms with Crippen molar-refractivity contribution in [3.8, 4) is 0 Å². The zero-order valence-corrected chi connectivity index (χ0v) is 12.7. The van der Waals surface area contributed by atoms with Crippen LogP contribution in [-0.4, -0.2) is 37.9 Å². The molecule has 0 amide bonds. The summed E-state index contributed by atoms with van der Waals surface area (Å²) < 4.78 is 0. The molecule has 0 heterocycles. The number of benzene rings is 1. The van der Waals surface area contributed by atoms with Gasteiger partial charge in [0.2, 0.25) is 0 Å². The summed E-state index contributed by atoms with van der Waals surface area (Å²) in [6, 6.07) is 8.60. The van der Waals surface area contributed by atoms with E-state index in [2.05, 4.69) is 55.4 Å². The van der Waals surface area contributed by atoms with Crippen molar-refractivity contribution in [2.75, 3.05) is 32.1 Å². The highest BCUT2D eigenvalue weighted by molar-refractivity contribution is 5.46. The molecule has 3 heteroatoms. The van der Waals surface area contributed by atoms with E-state index >= 15 is 0 Å². The molecule has 1 atom stereocenters. The number of nitrogens with zero attached hydrogens (tertiary/aromatic N) is 1. The largest absolute Gasteiger partial charge is 0.394 e. The summed E-state index contributed by atoms with van der Waals surface area (Å²) in [4.78, 5) is 2.27. The number of aliphatic hydroxyl groups excluding tert-OH is 1. The van der Waals surface area contributed by atoms with E-state index in [1.54, 1.807) is 0 Å². The standard InChI is InChI=1S/C16H28N2O/c1-5-16(13-19,17-3)11-6-12-18(4)15-9-7-14(2)8-10-15/h7-10,17,19H,5-6,11-13H2,1-4H3. The highest BCUT2D eigenvalue weighted by Crippen LogP contribution is 2.18. The maximum absolute atomic E-state index is 9.51. The van der Waals surface area contributed by atoms with Gasteiger partial charge >= 0.3 is 0 Å². The Kier molecular flexibility index (Phi) is 6.32. The number of likely N-dealkylation sites (N-methyl/N-ethyl adjacent to an activating group) is 1. The first-order valence-electron chi connectivity index (χ1n) is 7.14. The topological polar surface area (TPSA) is 35.5 Å². The van der Waals surface area contributed by atoms with Crippen molar-refractivity contribution in [2.24, 2.45) is 0 Å². The Hall–Kier alpha value is -1.06. The monoisotopic (exact) mass is 264 g/mol. The lowest BCUT2D eigenvalue weighted by molar-refractivity contribution is 0.153. The Morgan fingerprint density at radius 3 is 2.37 bits per heavy atom. The molecule has 3 nitrogen and oxygen atoms in total. The van der Waals surface area contributed by atoms with Crippen LogP contribution in [0.1, 0.15) is 31.7 Å². The lowest BCUT2D eigenvalue weighted by Gasteiger charge is -2.31. The lowest BCUT2D eigenvalue weighted by Crippen LogP contribution is -2.46. The molecule has 1 unspecified atom stereocenters. The Morgan fingerprint density at radius 1 is 1.26 bits per heavy atom. The molecule has 0 fully saturated rings. The average molecular weight is 264 g/mol. The summed E-state index contributed by atoms with van der Waals surface area (Å²) in [5.41, 5.74) is 2.42. The Bertz CT molecular complexity index is 349. The Morgan fingerprint density at radius 2 is 1.89 bits per heavy atom. The molecule has 0 radical (unpaired) electrons. The normalized spacial score (nSPS) is 14.2. The van der Waals surface area contributed by atoms with Gasteiger partial charge in [0, 0.05) is 24.8 Å². The second-order valence-corrected chi connectivity index (χ2v) is 5.40. The third-order valence-corrected chi connectivity index (χ3v) is 4.13. The van der Waals surface area contributed by atoms with Crippen LogP contribution in [0.3, 0.4) is 0 Å². The molecule has 0 aromatic heterocycles. The van der Waals surface area contributed by atoms with Crippen LogP contribution in [-0.2, 0) is 0 Å². The smallest absolute Gasteiger partial charge is 0.0613 e. The molecule has 0 saturated heterocycles. The molecule has 1 aromatic carbocycles. The molecule has 0 aliphatic rings. The van der Waals surface area contributed by atoms with Gasteiger partial charge in [-0.1, -0.05) is 24.6 Å². The molecule has 1 aromatic rings. The van der Waals surface area contributed by atoms with Crippen LogP contribution in [0.25, 0.3) is 0 Å². The summed E-state index contributed by atoms with van der Waals surface area (Å²) in [6.45, 7) is 5.44. The number of anilines is 1. The third-order valence-electron chi connectivity index (χ3n) is 4.13. The van der Waals surface area contributed by atoms with Crippen molar-refractivity contribution < 1.29 is 5.11 Å². The number of rotatable bonds is 8. The summed E-state index contributed by atoms with van der Waals surface area (Å²) in [7, 11) is 4.06. The molecule has 0 saturated carbocycles. The summed E-state index contributed by atoms with van der Waals surface area (Å²) >= 11 is 0. The van der Waals surface area contributed by atoms with Crippen LogP contribution in [0.5, 0.6) is 0 Å². The Labute approximate surface area is 117 Å². The van der Waals surface area contributed by atoms with E-state index in [0.29, 0.717) is 0 Å². The van der Waals surface area contributed by atoms with E-state index in [-0.39, 0.29) is 12.1 Å². The number of hydrogen-bond acceptors (Lipinski definition) is 3. The maximum atomic E-state index is 9.51. The predicted molar refractivity (Wildman–Crippen MR) is 82.9 cm³/mol. The molecule has 0 aliphatic carbocycles. The van der Waals surface area contributed by atoms with E-state index in [0.717, 1.165) is 25.8 Å². The molecule has 108 valence electrons. The molecule has 19 heavy (non-hydrogen) atoms. The second-order valence-electron chi connectivity index (χ2n) is 5.40. The number of aliphatic hydroxyl groups is 1. The second kappa shape index (κ2) is 7.51. The first-order valence-corrected chi connectivity index (χ1v) is 7.14. The summed E-state index contributed by atoms with van der Waals surface area (Å²) in [5.74, 6) is 0. The summed E-state index contributed by atoms with van der Waals surface area (Å²) in [5, 5.41) is 12.8.